The van der Waals surface area contributed by atoms with E-state index in [1.165, 1.54) is 0 Å². The van der Waals surface area contributed by atoms with Crippen LogP contribution in [0.3, 0.4) is 0 Å². The van der Waals surface area contributed by atoms with Crippen LogP contribution in [0.2, 0.25) is 0 Å². The number of benzene rings is 1. The first-order valence-electron chi connectivity index (χ1n) is 5.83. The lowest BCUT2D eigenvalue weighted by Gasteiger charge is -2.30. The van der Waals surface area contributed by atoms with E-state index in [-0.39, 0.29) is 17.6 Å². The maximum absolute atomic E-state index is 11.1. The topological polar surface area (TPSA) is 17.1 Å². The minimum absolute atomic E-state index is 0.0793. The van der Waals surface area contributed by atoms with Gasteiger partial charge in [-0.2, -0.15) is 0 Å². The highest BCUT2D eigenvalue weighted by Crippen LogP contribution is 2.38. The molecule has 0 amide bonds. The summed E-state index contributed by atoms with van der Waals surface area (Å²) < 4.78 is 0. The summed E-state index contributed by atoms with van der Waals surface area (Å²) in [5, 5.41) is -0.356. The largest absolute Gasteiger partial charge is 0.281 e. The quantitative estimate of drug-likeness (QED) is 0.592. The number of carbonyl (C=O) groups is 1. The van der Waals surface area contributed by atoms with Crippen molar-refractivity contribution in [1.82, 2.24) is 0 Å². The second-order valence-electron chi connectivity index (χ2n) is 4.64. The molecule has 0 N–H and O–H groups in total. The molecule has 2 unspecified atom stereocenters. The first-order valence-corrected chi connectivity index (χ1v) is 6.58. The molecule has 0 aliphatic heterocycles. The Kier molecular flexibility index (Phi) is 3.94. The molecule has 2 rings (SSSR count). The standard InChI is InChI=1S/C15H14Cl2O/c1-15(17)8-7-12(9-13(15)10-14(16)18)11-5-3-2-4-6-11/h2-9,13H,10H2,1H3. The molecule has 2 atom stereocenters. The molecule has 0 bridgehead atoms. The van der Waals surface area contributed by atoms with Gasteiger partial charge in [0.25, 0.3) is 0 Å². The van der Waals surface area contributed by atoms with E-state index >= 15 is 0 Å². The van der Waals surface area contributed by atoms with Crippen LogP contribution in [0.4, 0.5) is 0 Å². The number of hydrogen-bond acceptors (Lipinski definition) is 1. The van der Waals surface area contributed by atoms with E-state index in [2.05, 4.69) is 0 Å². The zero-order valence-electron chi connectivity index (χ0n) is 10.1. The summed E-state index contributed by atoms with van der Waals surface area (Å²) >= 11 is 11.9. The molecular formula is C15H14Cl2O. The molecule has 0 radical (unpaired) electrons. The number of halogens is 2. The normalized spacial score (nSPS) is 26.8. The van der Waals surface area contributed by atoms with E-state index in [1.54, 1.807) is 0 Å². The van der Waals surface area contributed by atoms with Crippen molar-refractivity contribution < 1.29 is 4.79 Å². The Balaban J connectivity index is 2.31. The predicted octanol–water partition coefficient (Wildman–Crippen LogP) is 4.41. The lowest BCUT2D eigenvalue weighted by atomic mass is 9.83. The van der Waals surface area contributed by atoms with Crippen molar-refractivity contribution in [3.8, 4) is 0 Å². The van der Waals surface area contributed by atoms with Gasteiger partial charge in [0.05, 0.1) is 4.87 Å². The average Bonchev–Trinajstić information content (AvgIpc) is 2.32. The molecule has 1 aromatic carbocycles. The Morgan fingerprint density at radius 1 is 1.33 bits per heavy atom. The Morgan fingerprint density at radius 3 is 2.61 bits per heavy atom. The number of hydrogen-bond donors (Lipinski definition) is 0. The lowest BCUT2D eigenvalue weighted by molar-refractivity contribution is -0.112. The molecular weight excluding hydrogens is 267 g/mol. The third-order valence-electron chi connectivity index (χ3n) is 3.18. The van der Waals surface area contributed by atoms with E-state index in [1.807, 2.05) is 55.5 Å². The minimum Gasteiger partial charge on any atom is -0.281 e. The molecule has 18 heavy (non-hydrogen) atoms. The maximum atomic E-state index is 11.1. The van der Waals surface area contributed by atoms with Crippen LogP contribution in [0.1, 0.15) is 18.9 Å². The van der Waals surface area contributed by atoms with Crippen molar-refractivity contribution in [2.24, 2.45) is 5.92 Å². The average molecular weight is 281 g/mol. The van der Waals surface area contributed by atoms with E-state index in [9.17, 15) is 4.79 Å². The van der Waals surface area contributed by atoms with Gasteiger partial charge in [0.1, 0.15) is 0 Å². The molecule has 94 valence electrons. The lowest BCUT2D eigenvalue weighted by Crippen LogP contribution is -2.28. The van der Waals surface area contributed by atoms with Crippen LogP contribution in [0, 0.1) is 5.92 Å². The smallest absolute Gasteiger partial charge is 0.222 e. The van der Waals surface area contributed by atoms with Gasteiger partial charge in [-0.05, 0) is 29.7 Å². The highest BCUT2D eigenvalue weighted by atomic mass is 35.5. The molecule has 1 aromatic rings. The second kappa shape index (κ2) is 5.29. The van der Waals surface area contributed by atoms with Gasteiger partial charge >= 0.3 is 0 Å². The fraction of sp³-hybridized carbons (Fsp3) is 0.267. The third kappa shape index (κ3) is 3.04. The zero-order valence-corrected chi connectivity index (χ0v) is 11.6. The van der Waals surface area contributed by atoms with Crippen molar-refractivity contribution in [2.75, 3.05) is 0 Å². The van der Waals surface area contributed by atoms with Crippen molar-refractivity contribution in [2.45, 2.75) is 18.2 Å². The molecule has 0 aromatic heterocycles. The predicted molar refractivity (Wildman–Crippen MR) is 76.8 cm³/mol. The van der Waals surface area contributed by atoms with E-state index in [0.717, 1.165) is 11.1 Å². The fourth-order valence-electron chi connectivity index (χ4n) is 2.07. The van der Waals surface area contributed by atoms with Gasteiger partial charge < -0.3 is 0 Å². The fourth-order valence-corrected chi connectivity index (χ4v) is 2.44. The van der Waals surface area contributed by atoms with Gasteiger partial charge in [-0.3, -0.25) is 4.79 Å². The van der Waals surface area contributed by atoms with Gasteiger partial charge in [-0.1, -0.05) is 48.6 Å². The van der Waals surface area contributed by atoms with Crippen LogP contribution in [0.25, 0.3) is 5.57 Å². The van der Waals surface area contributed by atoms with Gasteiger partial charge in [0, 0.05) is 12.3 Å². The monoisotopic (exact) mass is 280 g/mol. The Labute approximate surface area is 117 Å². The maximum Gasteiger partial charge on any atom is 0.222 e. The highest BCUT2D eigenvalue weighted by Gasteiger charge is 2.32. The van der Waals surface area contributed by atoms with Gasteiger partial charge in [-0.25, -0.2) is 0 Å². The summed E-state index contributed by atoms with van der Waals surface area (Å²) in [6.07, 6.45) is 6.21. The Hall–Kier alpha value is -1.05. The molecule has 3 heteroatoms. The van der Waals surface area contributed by atoms with E-state index in [0.29, 0.717) is 0 Å². The van der Waals surface area contributed by atoms with Crippen LogP contribution < -0.4 is 0 Å². The molecule has 0 heterocycles. The van der Waals surface area contributed by atoms with Gasteiger partial charge in [0.2, 0.25) is 5.24 Å². The van der Waals surface area contributed by atoms with Crippen LogP contribution in [0.15, 0.2) is 48.6 Å². The number of carbonyl (C=O) groups excluding carboxylic acids is 1. The first kappa shape index (κ1) is 13.4. The first-order chi connectivity index (χ1) is 8.49. The summed E-state index contributed by atoms with van der Waals surface area (Å²) in [6.45, 7) is 1.90. The van der Waals surface area contributed by atoms with Gasteiger partial charge in [-0.15, -0.1) is 11.6 Å². The number of alkyl halides is 1. The molecule has 1 aliphatic carbocycles. The van der Waals surface area contributed by atoms with E-state index in [4.69, 9.17) is 23.2 Å². The third-order valence-corrected chi connectivity index (χ3v) is 3.74. The number of rotatable bonds is 3. The summed E-state index contributed by atoms with van der Waals surface area (Å²) in [5.41, 5.74) is 2.20. The molecule has 1 aliphatic rings. The minimum atomic E-state index is -0.553. The SMILES string of the molecule is CC1(Cl)C=CC(c2ccccc2)=CC1CC(=O)Cl. The molecule has 0 spiro atoms. The Bertz CT molecular complexity index is 500. The van der Waals surface area contributed by atoms with Crippen LogP contribution in [-0.2, 0) is 4.79 Å². The van der Waals surface area contributed by atoms with Crippen molar-refractivity contribution in [1.29, 1.82) is 0 Å². The summed E-state index contributed by atoms with van der Waals surface area (Å²) in [7, 11) is 0. The summed E-state index contributed by atoms with van der Waals surface area (Å²) in [6, 6.07) is 10.0. The molecule has 1 nitrogen and oxygen atoms in total. The Morgan fingerprint density at radius 2 is 2.00 bits per heavy atom. The molecule has 0 saturated carbocycles. The second-order valence-corrected chi connectivity index (χ2v) is 5.87. The number of allylic oxidation sites excluding steroid dienone is 4. The van der Waals surface area contributed by atoms with Crippen molar-refractivity contribution in [3.63, 3.8) is 0 Å². The van der Waals surface area contributed by atoms with Gasteiger partial charge in [0.15, 0.2) is 0 Å². The zero-order chi connectivity index (χ0) is 13.2. The summed E-state index contributed by atoms with van der Waals surface area (Å²) in [4.78, 5) is 10.5. The van der Waals surface area contributed by atoms with Crippen molar-refractivity contribution >= 4 is 34.0 Å². The molecule has 0 fully saturated rings. The molecule has 0 saturated heterocycles. The highest BCUT2D eigenvalue weighted by molar-refractivity contribution is 6.63. The van der Waals surface area contributed by atoms with Crippen LogP contribution in [0.5, 0.6) is 0 Å². The summed E-state index contributed by atoms with van der Waals surface area (Å²) in [5.74, 6) is -0.0793. The van der Waals surface area contributed by atoms with E-state index < -0.39 is 4.87 Å². The van der Waals surface area contributed by atoms with Crippen LogP contribution >= 0.6 is 23.2 Å². The van der Waals surface area contributed by atoms with Crippen LogP contribution in [-0.4, -0.2) is 10.1 Å². The van der Waals surface area contributed by atoms with Crippen molar-refractivity contribution in [3.05, 3.63) is 54.1 Å².